The van der Waals surface area contributed by atoms with Gasteiger partial charge in [-0.3, -0.25) is 0 Å². The van der Waals surface area contributed by atoms with Crippen LogP contribution in [0.15, 0.2) is 48.5 Å². The summed E-state index contributed by atoms with van der Waals surface area (Å²) >= 11 is 0. The van der Waals surface area contributed by atoms with Crippen molar-refractivity contribution in [3.8, 4) is 0 Å². The highest BCUT2D eigenvalue weighted by Crippen LogP contribution is 2.30. The average molecular weight is 228 g/mol. The van der Waals surface area contributed by atoms with E-state index in [1.807, 2.05) is 0 Å². The van der Waals surface area contributed by atoms with Crippen LogP contribution < -0.4 is 0 Å². The smallest absolute Gasteiger partial charge is 0.126 e. The molecular formula is C14H11BF2. The van der Waals surface area contributed by atoms with Gasteiger partial charge >= 0.3 is 0 Å². The van der Waals surface area contributed by atoms with Crippen molar-refractivity contribution >= 4 is 7.85 Å². The van der Waals surface area contributed by atoms with Crippen LogP contribution in [0.5, 0.6) is 0 Å². The predicted octanol–water partition coefficient (Wildman–Crippen LogP) is 3.68. The number of hydrogen-bond acceptors (Lipinski definition) is 0. The Kier molecular flexibility index (Phi) is 3.57. The second-order valence-corrected chi connectivity index (χ2v) is 3.83. The first-order valence-electron chi connectivity index (χ1n) is 5.43. The van der Waals surface area contributed by atoms with Crippen molar-refractivity contribution in [1.82, 2.24) is 0 Å². The molecule has 17 heavy (non-hydrogen) atoms. The van der Waals surface area contributed by atoms with Crippen molar-refractivity contribution in [2.24, 2.45) is 0 Å². The van der Waals surface area contributed by atoms with Crippen molar-refractivity contribution in [2.45, 2.75) is 12.2 Å². The van der Waals surface area contributed by atoms with Gasteiger partial charge in [0.25, 0.3) is 0 Å². The summed E-state index contributed by atoms with van der Waals surface area (Å²) in [5, 5.41) is 0. The second kappa shape index (κ2) is 5.13. The van der Waals surface area contributed by atoms with E-state index in [-0.39, 0.29) is 18.0 Å². The predicted molar refractivity (Wildman–Crippen MR) is 65.2 cm³/mol. The van der Waals surface area contributed by atoms with Crippen LogP contribution in [-0.4, -0.2) is 7.85 Å². The third-order valence-electron chi connectivity index (χ3n) is 2.80. The molecule has 2 aromatic rings. The van der Waals surface area contributed by atoms with Crippen LogP contribution in [0.1, 0.15) is 17.0 Å². The molecule has 0 spiro atoms. The van der Waals surface area contributed by atoms with Crippen LogP contribution in [0, 0.1) is 11.6 Å². The summed E-state index contributed by atoms with van der Waals surface area (Å²) in [6.07, 6.45) is 0.169. The second-order valence-electron chi connectivity index (χ2n) is 3.83. The summed E-state index contributed by atoms with van der Waals surface area (Å²) in [7, 11) is 5.64. The van der Waals surface area contributed by atoms with Gasteiger partial charge in [-0.2, -0.15) is 0 Å². The molecule has 2 rings (SSSR count). The summed E-state index contributed by atoms with van der Waals surface area (Å²) in [6.45, 7) is 0. The number of hydrogen-bond donors (Lipinski definition) is 0. The fourth-order valence-electron chi connectivity index (χ4n) is 1.94. The molecule has 0 aromatic heterocycles. The highest BCUT2D eigenvalue weighted by Gasteiger charge is 2.18. The minimum absolute atomic E-state index is 0.169. The van der Waals surface area contributed by atoms with Crippen LogP contribution in [0.3, 0.4) is 0 Å². The molecule has 0 saturated heterocycles. The molecule has 0 saturated carbocycles. The Bertz CT molecular complexity index is 466. The van der Waals surface area contributed by atoms with E-state index in [1.54, 1.807) is 36.4 Å². The normalized spacial score (nSPS) is 10.8. The third kappa shape index (κ3) is 2.38. The lowest BCUT2D eigenvalue weighted by Gasteiger charge is -2.17. The van der Waals surface area contributed by atoms with Crippen molar-refractivity contribution in [3.05, 3.63) is 71.3 Å². The Morgan fingerprint density at radius 3 is 1.59 bits per heavy atom. The minimum Gasteiger partial charge on any atom is -0.207 e. The Hall–Kier alpha value is -1.64. The van der Waals surface area contributed by atoms with Crippen molar-refractivity contribution in [2.75, 3.05) is 0 Å². The molecule has 0 aliphatic heterocycles. The van der Waals surface area contributed by atoms with E-state index in [1.165, 1.54) is 12.1 Å². The van der Waals surface area contributed by atoms with E-state index in [4.69, 9.17) is 7.85 Å². The van der Waals surface area contributed by atoms with E-state index in [9.17, 15) is 8.78 Å². The van der Waals surface area contributed by atoms with Gasteiger partial charge in [0.2, 0.25) is 0 Å². The topological polar surface area (TPSA) is 0 Å². The molecule has 84 valence electrons. The molecule has 0 heterocycles. The summed E-state index contributed by atoms with van der Waals surface area (Å²) in [4.78, 5) is 0. The fraction of sp³-hybridized carbons (Fsp3) is 0.143. The molecule has 0 nitrogen and oxygen atoms in total. The van der Waals surface area contributed by atoms with Crippen LogP contribution in [0.25, 0.3) is 0 Å². The van der Waals surface area contributed by atoms with Crippen LogP contribution in [-0.2, 0) is 0 Å². The van der Waals surface area contributed by atoms with E-state index in [0.29, 0.717) is 11.1 Å². The summed E-state index contributed by atoms with van der Waals surface area (Å²) in [5.41, 5.74) is 0.861. The van der Waals surface area contributed by atoms with Crippen molar-refractivity contribution < 1.29 is 8.78 Å². The molecule has 0 aliphatic rings. The van der Waals surface area contributed by atoms with Gasteiger partial charge in [-0.15, -0.1) is 0 Å². The van der Waals surface area contributed by atoms with Crippen LogP contribution >= 0.6 is 0 Å². The van der Waals surface area contributed by atoms with Gasteiger partial charge in [0.15, 0.2) is 0 Å². The zero-order valence-corrected chi connectivity index (χ0v) is 9.24. The first-order chi connectivity index (χ1) is 8.24. The lowest BCUT2D eigenvalue weighted by molar-refractivity contribution is 0.581. The standard InChI is InChI=1S/C14H11BF2/c15-9-12(10-5-1-3-7-13(10)16)11-6-2-4-8-14(11)17/h1-8,12H,9H2. The van der Waals surface area contributed by atoms with Crippen LogP contribution in [0.4, 0.5) is 8.78 Å². The Morgan fingerprint density at radius 2 is 1.24 bits per heavy atom. The lowest BCUT2D eigenvalue weighted by Crippen LogP contribution is -2.05. The van der Waals surface area contributed by atoms with Crippen molar-refractivity contribution in [3.63, 3.8) is 0 Å². The van der Waals surface area contributed by atoms with Gasteiger partial charge in [-0.05, 0) is 23.3 Å². The van der Waals surface area contributed by atoms with Gasteiger partial charge in [0.05, 0.1) is 7.85 Å². The molecule has 0 fully saturated rings. The molecule has 0 bridgehead atoms. The monoisotopic (exact) mass is 228 g/mol. The first-order valence-corrected chi connectivity index (χ1v) is 5.43. The van der Waals surface area contributed by atoms with Gasteiger partial charge in [0, 0.05) is 5.92 Å². The fourth-order valence-corrected chi connectivity index (χ4v) is 1.94. The summed E-state index contributed by atoms with van der Waals surface area (Å²) in [5.74, 6) is -1.16. The number of rotatable bonds is 3. The zero-order chi connectivity index (χ0) is 12.3. The van der Waals surface area contributed by atoms with Gasteiger partial charge in [-0.1, -0.05) is 42.7 Å². The molecule has 3 heteroatoms. The van der Waals surface area contributed by atoms with Gasteiger partial charge in [0.1, 0.15) is 11.6 Å². The number of halogens is 2. The molecule has 0 aliphatic carbocycles. The molecule has 0 atom stereocenters. The maximum Gasteiger partial charge on any atom is 0.126 e. The summed E-state index contributed by atoms with van der Waals surface area (Å²) in [6, 6.07) is 12.7. The largest absolute Gasteiger partial charge is 0.207 e. The maximum absolute atomic E-state index is 13.7. The average Bonchev–Trinajstić information content (AvgIpc) is 2.34. The zero-order valence-electron chi connectivity index (χ0n) is 9.24. The quantitative estimate of drug-likeness (QED) is 0.703. The van der Waals surface area contributed by atoms with E-state index in [2.05, 4.69) is 0 Å². The lowest BCUT2D eigenvalue weighted by atomic mass is 9.80. The molecular weight excluding hydrogens is 217 g/mol. The molecule has 2 aromatic carbocycles. The van der Waals surface area contributed by atoms with Gasteiger partial charge in [-0.25, -0.2) is 8.78 Å². The van der Waals surface area contributed by atoms with Crippen LogP contribution in [0.2, 0.25) is 6.32 Å². The maximum atomic E-state index is 13.7. The number of benzene rings is 2. The highest BCUT2D eigenvalue weighted by molar-refractivity contribution is 6.09. The summed E-state index contributed by atoms with van der Waals surface area (Å²) < 4.78 is 27.3. The first kappa shape index (κ1) is 11.8. The third-order valence-corrected chi connectivity index (χ3v) is 2.80. The van der Waals surface area contributed by atoms with Crippen molar-refractivity contribution in [1.29, 1.82) is 0 Å². The van der Waals surface area contributed by atoms with E-state index in [0.717, 1.165) is 0 Å². The SMILES string of the molecule is [B]CC(c1ccccc1F)c1ccccc1F. The molecule has 0 N–H and O–H groups in total. The minimum atomic E-state index is -0.447. The molecule has 2 radical (unpaired) electrons. The Balaban J connectivity index is 2.48. The van der Waals surface area contributed by atoms with Gasteiger partial charge < -0.3 is 0 Å². The Morgan fingerprint density at radius 1 is 0.824 bits per heavy atom. The van der Waals surface area contributed by atoms with E-state index >= 15 is 0 Å². The van der Waals surface area contributed by atoms with E-state index < -0.39 is 5.92 Å². The highest BCUT2D eigenvalue weighted by atomic mass is 19.1. The molecule has 0 amide bonds. The molecule has 0 unspecified atom stereocenters. The Labute approximate surface area is 101 Å².